The zero-order valence-electron chi connectivity index (χ0n) is 9.39. The van der Waals surface area contributed by atoms with Gasteiger partial charge in [0.25, 0.3) is 0 Å². The lowest BCUT2D eigenvalue weighted by molar-refractivity contribution is 0.627. The van der Waals surface area contributed by atoms with Crippen LogP contribution in [0.3, 0.4) is 0 Å². The zero-order valence-corrected chi connectivity index (χ0v) is 9.39. The minimum Gasteiger partial charge on any atom is -0.297 e. The first-order valence-corrected chi connectivity index (χ1v) is 5.46. The van der Waals surface area contributed by atoms with Crippen molar-refractivity contribution in [1.29, 1.82) is 0 Å². The molecule has 3 rings (SSSR count). The maximum absolute atomic E-state index is 12.9. The Labute approximate surface area is 98.3 Å². The molecular formula is C14H11FN2. The van der Waals surface area contributed by atoms with Crippen LogP contribution in [0.25, 0.3) is 16.7 Å². The van der Waals surface area contributed by atoms with Gasteiger partial charge in [-0.25, -0.2) is 9.37 Å². The molecule has 1 aromatic heterocycles. The number of aryl methyl sites for hydroxylation is 1. The molecular weight excluding hydrogens is 215 g/mol. The number of aromatic nitrogens is 2. The first-order valence-electron chi connectivity index (χ1n) is 5.46. The van der Waals surface area contributed by atoms with Gasteiger partial charge in [-0.15, -0.1) is 0 Å². The second-order valence-electron chi connectivity index (χ2n) is 3.96. The Hall–Kier alpha value is -2.16. The maximum atomic E-state index is 12.9. The lowest BCUT2D eigenvalue weighted by Gasteiger charge is -2.06. The van der Waals surface area contributed by atoms with Crippen molar-refractivity contribution in [1.82, 2.24) is 9.55 Å². The van der Waals surface area contributed by atoms with Gasteiger partial charge in [0, 0.05) is 5.69 Å². The standard InChI is InChI=1S/C14H11FN2/c1-10-16-13-4-2-3-5-14(13)17(10)12-8-6-11(15)7-9-12/h2-9H,1H3. The molecule has 0 amide bonds. The highest BCUT2D eigenvalue weighted by molar-refractivity contribution is 5.78. The average Bonchev–Trinajstić information content (AvgIpc) is 2.66. The summed E-state index contributed by atoms with van der Waals surface area (Å²) in [5.74, 6) is 0.675. The van der Waals surface area contributed by atoms with Gasteiger partial charge < -0.3 is 0 Å². The van der Waals surface area contributed by atoms with Crippen LogP contribution >= 0.6 is 0 Å². The van der Waals surface area contributed by atoms with Crippen LogP contribution in [0, 0.1) is 12.7 Å². The third-order valence-electron chi connectivity index (χ3n) is 2.81. The molecule has 2 aromatic carbocycles. The highest BCUT2D eigenvalue weighted by Gasteiger charge is 2.07. The van der Waals surface area contributed by atoms with Crippen molar-refractivity contribution in [2.45, 2.75) is 6.92 Å². The molecule has 3 heteroatoms. The molecule has 3 aromatic rings. The van der Waals surface area contributed by atoms with Crippen LogP contribution in [-0.2, 0) is 0 Å². The number of rotatable bonds is 1. The molecule has 0 aliphatic heterocycles. The predicted molar refractivity (Wildman–Crippen MR) is 65.8 cm³/mol. The molecule has 1 heterocycles. The third kappa shape index (κ3) is 1.60. The second-order valence-corrected chi connectivity index (χ2v) is 3.96. The number of para-hydroxylation sites is 2. The Morgan fingerprint density at radius 3 is 2.47 bits per heavy atom. The van der Waals surface area contributed by atoms with Crippen LogP contribution in [0.15, 0.2) is 48.5 Å². The van der Waals surface area contributed by atoms with Crippen LogP contribution in [0.5, 0.6) is 0 Å². The molecule has 2 nitrogen and oxygen atoms in total. The van der Waals surface area contributed by atoms with E-state index in [4.69, 9.17) is 0 Å². The van der Waals surface area contributed by atoms with E-state index in [0.717, 1.165) is 22.5 Å². The number of benzene rings is 2. The fraction of sp³-hybridized carbons (Fsp3) is 0.0714. The normalized spacial score (nSPS) is 10.9. The molecule has 17 heavy (non-hydrogen) atoms. The summed E-state index contributed by atoms with van der Waals surface area (Å²) < 4.78 is 14.9. The molecule has 0 atom stereocenters. The molecule has 0 bridgehead atoms. The van der Waals surface area contributed by atoms with E-state index in [1.54, 1.807) is 12.1 Å². The van der Waals surface area contributed by atoms with Gasteiger partial charge in [-0.2, -0.15) is 0 Å². The van der Waals surface area contributed by atoms with Crippen molar-refractivity contribution in [2.75, 3.05) is 0 Å². The summed E-state index contributed by atoms with van der Waals surface area (Å²) in [7, 11) is 0. The Balaban J connectivity index is 2.29. The zero-order chi connectivity index (χ0) is 11.8. The van der Waals surface area contributed by atoms with E-state index in [1.807, 2.05) is 35.8 Å². The largest absolute Gasteiger partial charge is 0.297 e. The monoisotopic (exact) mass is 226 g/mol. The lowest BCUT2D eigenvalue weighted by Crippen LogP contribution is -1.96. The number of hydrogen-bond donors (Lipinski definition) is 0. The predicted octanol–water partition coefficient (Wildman–Crippen LogP) is 3.47. The highest BCUT2D eigenvalue weighted by atomic mass is 19.1. The summed E-state index contributed by atoms with van der Waals surface area (Å²) in [6, 6.07) is 14.4. The van der Waals surface area contributed by atoms with Crippen LogP contribution in [-0.4, -0.2) is 9.55 Å². The summed E-state index contributed by atoms with van der Waals surface area (Å²) in [6.45, 7) is 1.95. The van der Waals surface area contributed by atoms with E-state index < -0.39 is 0 Å². The smallest absolute Gasteiger partial charge is 0.123 e. The lowest BCUT2D eigenvalue weighted by atomic mass is 10.2. The van der Waals surface area contributed by atoms with Gasteiger partial charge in [0.2, 0.25) is 0 Å². The van der Waals surface area contributed by atoms with E-state index in [1.165, 1.54) is 12.1 Å². The fourth-order valence-corrected chi connectivity index (χ4v) is 2.06. The molecule has 0 radical (unpaired) electrons. The number of hydrogen-bond acceptors (Lipinski definition) is 1. The van der Waals surface area contributed by atoms with Gasteiger partial charge in [0.15, 0.2) is 0 Å². The molecule has 0 saturated carbocycles. The molecule has 0 saturated heterocycles. The van der Waals surface area contributed by atoms with E-state index in [2.05, 4.69) is 4.98 Å². The van der Waals surface area contributed by atoms with Crippen molar-refractivity contribution in [3.05, 3.63) is 60.2 Å². The van der Waals surface area contributed by atoms with Gasteiger partial charge in [-0.05, 0) is 43.3 Å². The molecule has 0 fully saturated rings. The summed E-state index contributed by atoms with van der Waals surface area (Å²) >= 11 is 0. The number of halogens is 1. The quantitative estimate of drug-likeness (QED) is 0.621. The SMILES string of the molecule is Cc1nc2ccccc2n1-c1ccc(F)cc1. The molecule has 84 valence electrons. The van der Waals surface area contributed by atoms with Gasteiger partial charge >= 0.3 is 0 Å². The molecule has 0 spiro atoms. The Morgan fingerprint density at radius 1 is 1.00 bits per heavy atom. The first kappa shape index (κ1) is 10.0. The van der Waals surface area contributed by atoms with Crippen LogP contribution < -0.4 is 0 Å². The summed E-state index contributed by atoms with van der Waals surface area (Å²) in [5.41, 5.74) is 2.92. The first-order chi connectivity index (χ1) is 8.25. The summed E-state index contributed by atoms with van der Waals surface area (Å²) in [4.78, 5) is 4.48. The molecule has 0 unspecified atom stereocenters. The summed E-state index contributed by atoms with van der Waals surface area (Å²) in [5, 5.41) is 0. The van der Waals surface area contributed by atoms with Crippen LogP contribution in [0.2, 0.25) is 0 Å². The Kier molecular flexibility index (Phi) is 2.18. The number of imidazole rings is 1. The third-order valence-corrected chi connectivity index (χ3v) is 2.81. The van der Waals surface area contributed by atoms with Crippen LogP contribution in [0.1, 0.15) is 5.82 Å². The molecule has 0 N–H and O–H groups in total. The van der Waals surface area contributed by atoms with Crippen molar-refractivity contribution in [3.8, 4) is 5.69 Å². The van der Waals surface area contributed by atoms with Gasteiger partial charge in [0.1, 0.15) is 11.6 Å². The number of nitrogens with zero attached hydrogens (tertiary/aromatic N) is 2. The Bertz CT molecular complexity index is 668. The Morgan fingerprint density at radius 2 is 1.71 bits per heavy atom. The van der Waals surface area contributed by atoms with Gasteiger partial charge in [0.05, 0.1) is 11.0 Å². The number of fused-ring (bicyclic) bond motifs is 1. The molecule has 0 aliphatic rings. The minimum atomic E-state index is -0.226. The second kappa shape index (κ2) is 3.70. The van der Waals surface area contributed by atoms with Crippen molar-refractivity contribution < 1.29 is 4.39 Å². The van der Waals surface area contributed by atoms with E-state index in [9.17, 15) is 4.39 Å². The van der Waals surface area contributed by atoms with E-state index >= 15 is 0 Å². The minimum absolute atomic E-state index is 0.226. The van der Waals surface area contributed by atoms with Crippen molar-refractivity contribution in [3.63, 3.8) is 0 Å². The van der Waals surface area contributed by atoms with Gasteiger partial charge in [-0.1, -0.05) is 12.1 Å². The van der Waals surface area contributed by atoms with E-state index in [0.29, 0.717) is 0 Å². The maximum Gasteiger partial charge on any atom is 0.123 e. The van der Waals surface area contributed by atoms with E-state index in [-0.39, 0.29) is 5.82 Å². The van der Waals surface area contributed by atoms with Gasteiger partial charge in [-0.3, -0.25) is 4.57 Å². The highest BCUT2D eigenvalue weighted by Crippen LogP contribution is 2.20. The fourth-order valence-electron chi connectivity index (χ4n) is 2.06. The summed E-state index contributed by atoms with van der Waals surface area (Å²) in [6.07, 6.45) is 0. The molecule has 0 aliphatic carbocycles. The van der Waals surface area contributed by atoms with Crippen LogP contribution in [0.4, 0.5) is 4.39 Å². The topological polar surface area (TPSA) is 17.8 Å². The van der Waals surface area contributed by atoms with Crippen molar-refractivity contribution in [2.24, 2.45) is 0 Å². The van der Waals surface area contributed by atoms with Crippen molar-refractivity contribution >= 4 is 11.0 Å². The average molecular weight is 226 g/mol.